The van der Waals surface area contributed by atoms with Gasteiger partial charge in [-0.1, -0.05) is 18.7 Å². The number of hydrogen-bond donors (Lipinski definition) is 1. The molecule has 0 aliphatic carbocycles. The summed E-state index contributed by atoms with van der Waals surface area (Å²) in [5.41, 5.74) is 1.17. The van der Waals surface area contributed by atoms with Crippen LogP contribution in [-0.2, 0) is 11.3 Å². The zero-order valence-electron chi connectivity index (χ0n) is 17.4. The highest BCUT2D eigenvalue weighted by Gasteiger charge is 2.20. The van der Waals surface area contributed by atoms with Crippen LogP contribution in [0.4, 0.5) is 10.2 Å². The first-order chi connectivity index (χ1) is 15.2. The van der Waals surface area contributed by atoms with Crippen LogP contribution in [0.25, 0.3) is 11.0 Å². The molecule has 0 spiro atoms. The molecule has 1 saturated heterocycles. The molecule has 0 bridgehead atoms. The number of aromatic nitrogens is 4. The van der Waals surface area contributed by atoms with Gasteiger partial charge in [0.15, 0.2) is 10.8 Å². The van der Waals surface area contributed by atoms with Gasteiger partial charge in [-0.3, -0.25) is 4.79 Å². The second-order valence-electron chi connectivity index (χ2n) is 7.15. The van der Waals surface area contributed by atoms with Crippen LogP contribution in [0.3, 0.4) is 0 Å². The maximum atomic E-state index is 13.0. The van der Waals surface area contributed by atoms with Gasteiger partial charge in [-0.05, 0) is 30.7 Å². The van der Waals surface area contributed by atoms with Gasteiger partial charge in [-0.25, -0.2) is 19.0 Å². The second-order valence-corrected chi connectivity index (χ2v) is 8.21. The lowest BCUT2D eigenvalue weighted by atomic mass is 10.2. The fourth-order valence-electron chi connectivity index (χ4n) is 3.34. The Hall–Kier alpha value is -2.72. The fourth-order valence-corrected chi connectivity index (χ4v) is 4.03. The van der Waals surface area contributed by atoms with Crippen LogP contribution in [0.1, 0.15) is 23.7 Å². The van der Waals surface area contributed by atoms with Crippen molar-refractivity contribution in [1.82, 2.24) is 25.1 Å². The van der Waals surface area contributed by atoms with E-state index in [2.05, 4.69) is 22.2 Å². The molecule has 1 aliphatic rings. The predicted molar refractivity (Wildman–Crippen MR) is 118 cm³/mol. The Balaban J connectivity index is 1.52. The topological polar surface area (TPSA) is 85.2 Å². The van der Waals surface area contributed by atoms with Crippen molar-refractivity contribution in [3.8, 4) is 0 Å². The Morgan fingerprint density at radius 1 is 1.23 bits per heavy atom. The van der Waals surface area contributed by atoms with Crippen molar-refractivity contribution < 1.29 is 13.9 Å². The number of amides is 1. The van der Waals surface area contributed by atoms with Crippen molar-refractivity contribution in [3.63, 3.8) is 0 Å². The lowest BCUT2D eigenvalue weighted by Crippen LogP contribution is -2.37. The molecule has 1 aromatic carbocycles. The minimum Gasteiger partial charge on any atom is -0.378 e. The third kappa shape index (κ3) is 5.13. The van der Waals surface area contributed by atoms with Gasteiger partial charge in [-0.15, -0.1) is 0 Å². The summed E-state index contributed by atoms with van der Waals surface area (Å²) in [6.07, 6.45) is 2.82. The Morgan fingerprint density at radius 3 is 2.74 bits per heavy atom. The number of fused-ring (bicyclic) bond motifs is 1. The minimum absolute atomic E-state index is 0.251. The van der Waals surface area contributed by atoms with E-state index in [0.29, 0.717) is 31.9 Å². The van der Waals surface area contributed by atoms with Crippen molar-refractivity contribution in [1.29, 1.82) is 0 Å². The molecule has 0 radical (unpaired) electrons. The molecule has 31 heavy (non-hydrogen) atoms. The number of halogens is 1. The summed E-state index contributed by atoms with van der Waals surface area (Å²) < 4.78 is 20.3. The Morgan fingerprint density at radius 2 is 2.00 bits per heavy atom. The number of nitrogens with zero attached hydrogens (tertiary/aromatic N) is 5. The van der Waals surface area contributed by atoms with E-state index in [-0.39, 0.29) is 11.7 Å². The summed E-state index contributed by atoms with van der Waals surface area (Å²) in [6.45, 7) is 5.88. The maximum absolute atomic E-state index is 13.0. The van der Waals surface area contributed by atoms with Crippen LogP contribution >= 0.6 is 11.8 Å². The molecule has 1 N–H and O–H groups in total. The van der Waals surface area contributed by atoms with E-state index in [1.165, 1.54) is 24.3 Å². The summed E-state index contributed by atoms with van der Waals surface area (Å²) in [5.74, 6) is 1.20. The van der Waals surface area contributed by atoms with Crippen molar-refractivity contribution in [2.75, 3.05) is 43.5 Å². The molecule has 8 nitrogen and oxygen atoms in total. The molecule has 164 valence electrons. The van der Waals surface area contributed by atoms with Gasteiger partial charge in [0.25, 0.3) is 5.91 Å². The van der Waals surface area contributed by atoms with Gasteiger partial charge in [0.05, 0.1) is 31.3 Å². The number of morpholine rings is 1. The lowest BCUT2D eigenvalue weighted by Gasteiger charge is -2.28. The molecule has 1 aliphatic heterocycles. The number of rotatable bonds is 8. The second kappa shape index (κ2) is 10.1. The van der Waals surface area contributed by atoms with Crippen LogP contribution in [0.15, 0.2) is 35.6 Å². The summed E-state index contributed by atoms with van der Waals surface area (Å²) in [6, 6.07) is 5.48. The number of carbonyl (C=O) groups excluding carboxylic acids is 1. The highest BCUT2D eigenvalue weighted by atomic mass is 32.2. The van der Waals surface area contributed by atoms with Crippen molar-refractivity contribution in [2.24, 2.45) is 0 Å². The number of anilines is 1. The minimum atomic E-state index is -0.368. The molecule has 0 unspecified atom stereocenters. The van der Waals surface area contributed by atoms with Gasteiger partial charge in [0.2, 0.25) is 0 Å². The highest BCUT2D eigenvalue weighted by molar-refractivity contribution is 7.99. The number of thioether (sulfide) groups is 1. The summed E-state index contributed by atoms with van der Waals surface area (Å²) >= 11 is 1.63. The van der Waals surface area contributed by atoms with Gasteiger partial charge in [0.1, 0.15) is 11.6 Å². The Kier molecular flexibility index (Phi) is 6.98. The maximum Gasteiger partial charge on any atom is 0.251 e. The molecule has 2 aromatic heterocycles. The smallest absolute Gasteiger partial charge is 0.251 e. The number of carbonyl (C=O) groups is 1. The van der Waals surface area contributed by atoms with Gasteiger partial charge >= 0.3 is 0 Å². The molecule has 0 saturated carbocycles. The van der Waals surface area contributed by atoms with Crippen LogP contribution < -0.4 is 10.2 Å². The van der Waals surface area contributed by atoms with Crippen molar-refractivity contribution in [3.05, 3.63) is 41.8 Å². The van der Waals surface area contributed by atoms with Crippen molar-refractivity contribution >= 4 is 34.5 Å². The van der Waals surface area contributed by atoms with E-state index in [1.807, 2.05) is 0 Å². The molecule has 4 rings (SSSR count). The van der Waals surface area contributed by atoms with Crippen LogP contribution in [0.5, 0.6) is 0 Å². The number of hydrogen-bond acceptors (Lipinski definition) is 7. The molecular formula is C21H25FN6O2S. The van der Waals surface area contributed by atoms with Crippen molar-refractivity contribution in [2.45, 2.75) is 25.0 Å². The van der Waals surface area contributed by atoms with E-state index in [0.717, 1.165) is 47.3 Å². The quantitative estimate of drug-likeness (QED) is 0.422. The third-order valence-corrected chi connectivity index (χ3v) is 5.97. The number of ether oxygens (including phenoxy) is 1. The number of benzene rings is 1. The summed E-state index contributed by atoms with van der Waals surface area (Å²) in [4.78, 5) is 24.0. The van der Waals surface area contributed by atoms with Gasteiger partial charge in [-0.2, -0.15) is 5.10 Å². The zero-order chi connectivity index (χ0) is 21.6. The standard InChI is InChI=1S/C21H25FN6O2S/c1-2-13-31-21-25-18(27-9-11-30-12-10-27)17-14-24-28(19(17)26-21)8-7-23-20(29)15-3-5-16(22)6-4-15/h3-6,14H,2,7-13H2,1H3,(H,23,29). The van der Waals surface area contributed by atoms with E-state index in [1.54, 1.807) is 22.6 Å². The fraction of sp³-hybridized carbons (Fsp3) is 0.429. The third-order valence-electron chi connectivity index (χ3n) is 4.92. The highest BCUT2D eigenvalue weighted by Crippen LogP contribution is 2.28. The first kappa shape index (κ1) is 21.5. The molecule has 3 aromatic rings. The van der Waals surface area contributed by atoms with Crippen LogP contribution in [0.2, 0.25) is 0 Å². The number of nitrogens with one attached hydrogen (secondary N) is 1. The molecular weight excluding hydrogens is 419 g/mol. The monoisotopic (exact) mass is 444 g/mol. The van der Waals surface area contributed by atoms with Crippen LogP contribution in [-0.4, -0.2) is 64.3 Å². The Bertz CT molecular complexity index is 1040. The van der Waals surface area contributed by atoms with E-state index >= 15 is 0 Å². The molecule has 3 heterocycles. The predicted octanol–water partition coefficient (Wildman–Crippen LogP) is 2.73. The molecule has 10 heteroatoms. The first-order valence-corrected chi connectivity index (χ1v) is 11.4. The average molecular weight is 445 g/mol. The molecule has 1 amide bonds. The first-order valence-electron chi connectivity index (χ1n) is 10.4. The van der Waals surface area contributed by atoms with Gasteiger partial charge < -0.3 is 15.0 Å². The average Bonchev–Trinajstić information content (AvgIpc) is 3.21. The van der Waals surface area contributed by atoms with Crippen LogP contribution in [0, 0.1) is 5.82 Å². The van der Waals surface area contributed by atoms with E-state index in [4.69, 9.17) is 14.7 Å². The lowest BCUT2D eigenvalue weighted by molar-refractivity contribution is 0.0952. The Labute approximate surface area is 184 Å². The summed E-state index contributed by atoms with van der Waals surface area (Å²) in [7, 11) is 0. The van der Waals surface area contributed by atoms with E-state index < -0.39 is 0 Å². The van der Waals surface area contributed by atoms with Gasteiger partial charge in [0, 0.05) is 31.0 Å². The largest absolute Gasteiger partial charge is 0.378 e. The zero-order valence-corrected chi connectivity index (χ0v) is 18.2. The molecule has 0 atom stereocenters. The normalized spacial score (nSPS) is 14.2. The molecule has 1 fully saturated rings. The summed E-state index contributed by atoms with van der Waals surface area (Å²) in [5, 5.41) is 8.98. The van der Waals surface area contributed by atoms with E-state index in [9.17, 15) is 9.18 Å². The SMILES string of the molecule is CCCSc1nc(N2CCOCC2)c2cnn(CCNC(=O)c3ccc(F)cc3)c2n1.